The first-order valence-corrected chi connectivity index (χ1v) is 10.0. The van der Waals surface area contributed by atoms with Crippen LogP contribution in [0.4, 0.5) is 0 Å². The summed E-state index contributed by atoms with van der Waals surface area (Å²) in [6.45, 7) is 5.62. The third-order valence-electron chi connectivity index (χ3n) is 5.78. The second-order valence-electron chi connectivity index (χ2n) is 8.02. The zero-order valence-corrected chi connectivity index (χ0v) is 17.1. The zero-order valence-electron chi connectivity index (χ0n) is 17.1. The van der Waals surface area contributed by atoms with E-state index in [0.717, 1.165) is 5.56 Å². The maximum Gasteiger partial charge on any atom is 0.275 e. The van der Waals surface area contributed by atoms with Gasteiger partial charge in [0.25, 0.3) is 11.5 Å². The van der Waals surface area contributed by atoms with Crippen molar-refractivity contribution in [2.24, 2.45) is 0 Å². The number of benzene rings is 2. The van der Waals surface area contributed by atoms with E-state index in [0.29, 0.717) is 37.0 Å². The Labute approximate surface area is 174 Å². The first-order valence-electron chi connectivity index (χ1n) is 10.0. The van der Waals surface area contributed by atoms with Crippen LogP contribution in [-0.4, -0.2) is 58.0 Å². The number of hydrogen-bond donors (Lipinski definition) is 1. The molecule has 30 heavy (non-hydrogen) atoms. The van der Waals surface area contributed by atoms with Crippen LogP contribution in [-0.2, 0) is 10.2 Å². The third-order valence-corrected chi connectivity index (χ3v) is 5.78. The fourth-order valence-corrected chi connectivity index (χ4v) is 3.91. The number of H-pyrrole nitrogens is 1. The van der Waals surface area contributed by atoms with E-state index in [-0.39, 0.29) is 23.1 Å². The smallest absolute Gasteiger partial charge is 0.275 e. The number of carbonyl (C=O) groups excluding carboxylic acids is 2. The highest BCUT2D eigenvalue weighted by Crippen LogP contribution is 2.26. The van der Waals surface area contributed by atoms with Gasteiger partial charge in [-0.15, -0.1) is 0 Å². The standard InChI is InChI=1S/C23H24N4O3/c1-23(2,16-8-4-3-5-9-16)22(30)27-14-12-26(13-15-27)21(29)19-17-10-6-7-11-18(17)20(28)25-24-19/h3-11H,12-15H2,1-2H3,(H,25,28). The molecule has 2 amide bonds. The molecule has 0 aliphatic carbocycles. The minimum atomic E-state index is -0.635. The number of rotatable bonds is 3. The molecule has 0 spiro atoms. The van der Waals surface area contributed by atoms with Gasteiger partial charge in [0.1, 0.15) is 0 Å². The third kappa shape index (κ3) is 3.47. The fourth-order valence-electron chi connectivity index (χ4n) is 3.91. The number of piperazine rings is 1. The summed E-state index contributed by atoms with van der Waals surface area (Å²) in [6.07, 6.45) is 0. The predicted octanol–water partition coefficient (Wildman–Crippen LogP) is 2.19. The number of hydrogen-bond acceptors (Lipinski definition) is 4. The molecule has 154 valence electrons. The molecular weight excluding hydrogens is 380 g/mol. The van der Waals surface area contributed by atoms with Crippen LogP contribution in [0.3, 0.4) is 0 Å². The van der Waals surface area contributed by atoms with Crippen LogP contribution in [0.25, 0.3) is 10.8 Å². The molecule has 0 atom stereocenters. The molecule has 3 aromatic rings. The Morgan fingerprint density at radius 3 is 2.10 bits per heavy atom. The van der Waals surface area contributed by atoms with Gasteiger partial charge in [0.2, 0.25) is 5.91 Å². The molecule has 0 bridgehead atoms. The van der Waals surface area contributed by atoms with E-state index in [1.165, 1.54) is 0 Å². The van der Waals surface area contributed by atoms with Crippen LogP contribution in [0.5, 0.6) is 0 Å². The molecule has 4 rings (SSSR count). The Kier molecular flexibility index (Phi) is 5.11. The van der Waals surface area contributed by atoms with E-state index in [1.54, 1.807) is 29.2 Å². The number of carbonyl (C=O) groups is 2. The number of nitrogens with one attached hydrogen (secondary N) is 1. The van der Waals surface area contributed by atoms with E-state index in [9.17, 15) is 14.4 Å². The molecule has 1 saturated heterocycles. The van der Waals surface area contributed by atoms with Crippen molar-refractivity contribution < 1.29 is 9.59 Å². The van der Waals surface area contributed by atoms with Crippen molar-refractivity contribution in [1.29, 1.82) is 0 Å². The lowest BCUT2D eigenvalue weighted by Crippen LogP contribution is -2.54. The maximum atomic E-state index is 13.1. The van der Waals surface area contributed by atoms with Gasteiger partial charge in [-0.3, -0.25) is 14.4 Å². The van der Waals surface area contributed by atoms with Gasteiger partial charge in [-0.05, 0) is 25.5 Å². The number of nitrogens with zero attached hydrogens (tertiary/aromatic N) is 3. The molecule has 0 radical (unpaired) electrons. The maximum absolute atomic E-state index is 13.1. The molecule has 0 unspecified atom stereocenters. The summed E-state index contributed by atoms with van der Waals surface area (Å²) < 4.78 is 0. The van der Waals surface area contributed by atoms with Crippen molar-refractivity contribution in [2.75, 3.05) is 26.2 Å². The fraction of sp³-hybridized carbons (Fsp3) is 0.304. The van der Waals surface area contributed by atoms with Gasteiger partial charge < -0.3 is 9.80 Å². The number of fused-ring (bicyclic) bond motifs is 1. The van der Waals surface area contributed by atoms with Crippen molar-refractivity contribution in [3.8, 4) is 0 Å². The molecule has 2 heterocycles. The van der Waals surface area contributed by atoms with Crippen molar-refractivity contribution in [2.45, 2.75) is 19.3 Å². The minimum absolute atomic E-state index is 0.0495. The van der Waals surface area contributed by atoms with Gasteiger partial charge in [-0.25, -0.2) is 5.10 Å². The van der Waals surface area contributed by atoms with Gasteiger partial charge in [0, 0.05) is 31.6 Å². The van der Waals surface area contributed by atoms with Crippen molar-refractivity contribution in [1.82, 2.24) is 20.0 Å². The van der Waals surface area contributed by atoms with Crippen LogP contribution >= 0.6 is 0 Å². The summed E-state index contributed by atoms with van der Waals surface area (Å²) in [4.78, 5) is 41.7. The van der Waals surface area contributed by atoms with Gasteiger partial charge in [0.05, 0.1) is 10.8 Å². The summed E-state index contributed by atoms with van der Waals surface area (Å²) in [5.74, 6) is -0.190. The van der Waals surface area contributed by atoms with Gasteiger partial charge >= 0.3 is 0 Å². The second-order valence-corrected chi connectivity index (χ2v) is 8.02. The molecule has 1 aliphatic rings. The topological polar surface area (TPSA) is 86.4 Å². The zero-order chi connectivity index (χ0) is 21.3. The number of aromatic amines is 1. The van der Waals surface area contributed by atoms with Gasteiger partial charge in [-0.2, -0.15) is 5.10 Å². The summed E-state index contributed by atoms with van der Waals surface area (Å²) in [5, 5.41) is 7.39. The summed E-state index contributed by atoms with van der Waals surface area (Å²) >= 11 is 0. The average molecular weight is 404 g/mol. The Morgan fingerprint density at radius 2 is 1.43 bits per heavy atom. The highest BCUT2D eigenvalue weighted by molar-refractivity contribution is 6.04. The predicted molar refractivity (Wildman–Crippen MR) is 114 cm³/mol. The monoisotopic (exact) mass is 404 g/mol. The quantitative estimate of drug-likeness (QED) is 0.725. The van der Waals surface area contributed by atoms with Crippen LogP contribution in [0.2, 0.25) is 0 Å². The van der Waals surface area contributed by atoms with Crippen LogP contribution in [0, 0.1) is 0 Å². The molecule has 1 N–H and O–H groups in total. The molecule has 2 aromatic carbocycles. The first-order chi connectivity index (χ1) is 14.4. The molecule has 7 nitrogen and oxygen atoms in total. The first kappa shape index (κ1) is 19.8. The lowest BCUT2D eigenvalue weighted by molar-refractivity contribution is -0.137. The molecule has 0 saturated carbocycles. The Balaban J connectivity index is 1.49. The molecule has 1 aliphatic heterocycles. The highest BCUT2D eigenvalue weighted by atomic mass is 16.2. The molecule has 7 heteroatoms. The van der Waals surface area contributed by atoms with E-state index in [4.69, 9.17) is 0 Å². The number of aromatic nitrogens is 2. The summed E-state index contributed by atoms with van der Waals surface area (Å²) in [5.41, 5.74) is 0.247. The van der Waals surface area contributed by atoms with Crippen molar-refractivity contribution in [3.05, 3.63) is 76.2 Å². The van der Waals surface area contributed by atoms with Crippen LogP contribution < -0.4 is 5.56 Å². The molecule has 1 aromatic heterocycles. The minimum Gasteiger partial charge on any atom is -0.338 e. The lowest BCUT2D eigenvalue weighted by Gasteiger charge is -2.38. The lowest BCUT2D eigenvalue weighted by atomic mass is 9.83. The molecular formula is C23H24N4O3. The SMILES string of the molecule is CC(C)(C(=O)N1CCN(C(=O)c2n[nH]c(=O)c3ccccc23)CC1)c1ccccc1. The summed E-state index contributed by atoms with van der Waals surface area (Å²) in [6, 6.07) is 16.7. The van der Waals surface area contributed by atoms with E-state index < -0.39 is 5.41 Å². The summed E-state index contributed by atoms with van der Waals surface area (Å²) in [7, 11) is 0. The van der Waals surface area contributed by atoms with E-state index in [1.807, 2.05) is 49.1 Å². The van der Waals surface area contributed by atoms with Crippen LogP contribution in [0.15, 0.2) is 59.4 Å². The van der Waals surface area contributed by atoms with Gasteiger partial charge in [-0.1, -0.05) is 48.5 Å². The van der Waals surface area contributed by atoms with Crippen molar-refractivity contribution in [3.63, 3.8) is 0 Å². The Bertz CT molecular complexity index is 1150. The van der Waals surface area contributed by atoms with E-state index >= 15 is 0 Å². The second kappa shape index (κ2) is 7.74. The van der Waals surface area contributed by atoms with Crippen LogP contribution in [0.1, 0.15) is 29.9 Å². The Morgan fingerprint density at radius 1 is 0.867 bits per heavy atom. The largest absolute Gasteiger partial charge is 0.338 e. The normalized spacial score (nSPS) is 14.7. The van der Waals surface area contributed by atoms with Gasteiger partial charge in [0.15, 0.2) is 5.69 Å². The van der Waals surface area contributed by atoms with Crippen molar-refractivity contribution >= 4 is 22.6 Å². The Hall–Kier alpha value is -3.48. The highest BCUT2D eigenvalue weighted by Gasteiger charge is 2.36. The van der Waals surface area contributed by atoms with E-state index in [2.05, 4.69) is 10.2 Å². The average Bonchev–Trinajstić information content (AvgIpc) is 2.79. The molecule has 1 fully saturated rings. The number of amides is 2.